The highest BCUT2D eigenvalue weighted by molar-refractivity contribution is 7.80. The lowest BCUT2D eigenvalue weighted by Crippen LogP contribution is -2.54. The van der Waals surface area contributed by atoms with Crippen LogP contribution < -0.4 is 24.6 Å². The molecule has 0 spiro atoms. The summed E-state index contributed by atoms with van der Waals surface area (Å²) in [6.45, 7) is 2.92. The van der Waals surface area contributed by atoms with Gasteiger partial charge in [-0.05, 0) is 42.6 Å². The minimum atomic E-state index is -0.557. The van der Waals surface area contributed by atoms with E-state index < -0.39 is 11.8 Å². The largest absolute Gasteiger partial charge is 0.497 e. The molecule has 9 heteroatoms. The Hall–Kier alpha value is -3.43. The van der Waals surface area contributed by atoms with Gasteiger partial charge in [0.05, 0.1) is 33.1 Å². The van der Waals surface area contributed by atoms with Crippen molar-refractivity contribution in [2.24, 2.45) is 0 Å². The summed E-state index contributed by atoms with van der Waals surface area (Å²) < 4.78 is 16.2. The molecule has 1 N–H and O–H groups in total. The maximum absolute atomic E-state index is 13.3. The van der Waals surface area contributed by atoms with Crippen LogP contribution in [0.3, 0.4) is 0 Å². The highest BCUT2D eigenvalue weighted by Crippen LogP contribution is 2.30. The van der Waals surface area contributed by atoms with Crippen LogP contribution in [0.1, 0.15) is 5.56 Å². The van der Waals surface area contributed by atoms with Gasteiger partial charge in [-0.2, -0.15) is 0 Å². The average molecular weight is 454 g/mol. The second-order valence-electron chi connectivity index (χ2n) is 7.19. The van der Waals surface area contributed by atoms with Crippen LogP contribution in [0.15, 0.2) is 48.0 Å². The summed E-state index contributed by atoms with van der Waals surface area (Å²) >= 11 is 5.26. The predicted octanol–water partition coefficient (Wildman–Crippen LogP) is 2.37. The molecule has 2 fully saturated rings. The van der Waals surface area contributed by atoms with Gasteiger partial charge in [0.15, 0.2) is 5.11 Å². The van der Waals surface area contributed by atoms with Crippen molar-refractivity contribution < 1.29 is 23.8 Å². The third kappa shape index (κ3) is 4.30. The minimum absolute atomic E-state index is 0.0139. The second kappa shape index (κ2) is 9.37. The number of ether oxygens (including phenoxy) is 3. The molecule has 2 amide bonds. The lowest BCUT2D eigenvalue weighted by Gasteiger charge is -2.30. The van der Waals surface area contributed by atoms with E-state index in [0.717, 1.165) is 18.8 Å². The van der Waals surface area contributed by atoms with Gasteiger partial charge in [-0.1, -0.05) is 6.07 Å². The van der Waals surface area contributed by atoms with Crippen LogP contribution in [0.5, 0.6) is 11.5 Å². The van der Waals surface area contributed by atoms with Gasteiger partial charge >= 0.3 is 0 Å². The molecule has 2 aliphatic heterocycles. The molecule has 0 saturated carbocycles. The summed E-state index contributed by atoms with van der Waals surface area (Å²) in [7, 11) is 3.09. The van der Waals surface area contributed by atoms with Crippen LogP contribution in [0.4, 0.5) is 11.4 Å². The number of carbonyl (C=O) groups is 2. The van der Waals surface area contributed by atoms with E-state index in [-0.39, 0.29) is 10.7 Å². The van der Waals surface area contributed by atoms with Gasteiger partial charge in [0.2, 0.25) is 0 Å². The first kappa shape index (κ1) is 21.8. The van der Waals surface area contributed by atoms with Crippen LogP contribution in [-0.2, 0) is 14.3 Å². The number of benzene rings is 2. The number of thiocarbonyl (C=S) groups is 1. The van der Waals surface area contributed by atoms with E-state index in [4.69, 9.17) is 26.4 Å². The monoisotopic (exact) mass is 453 g/mol. The molecule has 2 aromatic carbocycles. The molecule has 32 heavy (non-hydrogen) atoms. The van der Waals surface area contributed by atoms with Gasteiger partial charge in [0.25, 0.3) is 11.8 Å². The zero-order chi connectivity index (χ0) is 22.7. The molecule has 0 unspecified atom stereocenters. The Labute approximate surface area is 191 Å². The van der Waals surface area contributed by atoms with E-state index in [2.05, 4.69) is 10.2 Å². The van der Waals surface area contributed by atoms with Gasteiger partial charge in [-0.15, -0.1) is 0 Å². The third-order valence-electron chi connectivity index (χ3n) is 5.31. The Morgan fingerprint density at radius 2 is 1.81 bits per heavy atom. The fraction of sp³-hybridized carbons (Fsp3) is 0.261. The normalized spacial score (nSPS) is 18.1. The maximum atomic E-state index is 13.3. The van der Waals surface area contributed by atoms with Crippen LogP contribution in [0, 0.1) is 0 Å². The van der Waals surface area contributed by atoms with E-state index in [1.165, 1.54) is 18.1 Å². The third-order valence-corrected chi connectivity index (χ3v) is 5.59. The number of rotatable bonds is 5. The van der Waals surface area contributed by atoms with E-state index in [1.807, 2.05) is 18.2 Å². The molecule has 2 aromatic rings. The number of morpholine rings is 1. The summed E-state index contributed by atoms with van der Waals surface area (Å²) in [4.78, 5) is 29.4. The SMILES string of the molecule is COc1cccc(N2C(=O)/C(=C\c3ccc(N4CCOCC4)cc3OC)C(=O)NC2=S)c1. The van der Waals surface area contributed by atoms with E-state index in [9.17, 15) is 9.59 Å². The first-order valence-electron chi connectivity index (χ1n) is 10.1. The summed E-state index contributed by atoms with van der Waals surface area (Å²) in [5.41, 5.74) is 2.06. The molecule has 2 heterocycles. The molecule has 0 atom stereocenters. The van der Waals surface area contributed by atoms with Gasteiger partial charge in [0, 0.05) is 36.5 Å². The number of amides is 2. The molecule has 0 bridgehead atoms. The van der Waals surface area contributed by atoms with E-state index in [1.54, 1.807) is 31.4 Å². The van der Waals surface area contributed by atoms with Crippen LogP contribution in [-0.4, -0.2) is 57.4 Å². The number of hydrogen-bond donors (Lipinski definition) is 1. The molecule has 0 radical (unpaired) electrons. The van der Waals surface area contributed by atoms with Crippen molar-refractivity contribution in [1.29, 1.82) is 0 Å². The Balaban J connectivity index is 1.68. The van der Waals surface area contributed by atoms with E-state index >= 15 is 0 Å². The summed E-state index contributed by atoms with van der Waals surface area (Å²) in [5, 5.41) is 2.61. The molecule has 4 rings (SSSR count). The van der Waals surface area contributed by atoms with Crippen molar-refractivity contribution in [2.75, 3.05) is 50.3 Å². The molecule has 8 nitrogen and oxygen atoms in total. The molecular formula is C23H23N3O5S. The quantitative estimate of drug-likeness (QED) is 0.423. The highest BCUT2D eigenvalue weighted by Gasteiger charge is 2.34. The Morgan fingerprint density at radius 3 is 2.53 bits per heavy atom. The zero-order valence-corrected chi connectivity index (χ0v) is 18.6. The van der Waals surface area contributed by atoms with Crippen LogP contribution in [0.25, 0.3) is 6.08 Å². The van der Waals surface area contributed by atoms with Crippen molar-refractivity contribution in [3.63, 3.8) is 0 Å². The number of methoxy groups -OCH3 is 2. The molecular weight excluding hydrogens is 430 g/mol. The number of nitrogens with one attached hydrogen (secondary N) is 1. The summed E-state index contributed by atoms with van der Waals surface area (Å²) in [5.74, 6) is 0.0499. The maximum Gasteiger partial charge on any atom is 0.270 e. The van der Waals surface area contributed by atoms with Crippen molar-refractivity contribution in [3.05, 3.63) is 53.6 Å². The Morgan fingerprint density at radius 1 is 1.03 bits per heavy atom. The average Bonchev–Trinajstić information content (AvgIpc) is 2.82. The first-order chi connectivity index (χ1) is 15.5. The molecule has 2 aliphatic rings. The van der Waals surface area contributed by atoms with Gasteiger partial charge < -0.3 is 19.1 Å². The molecule has 2 saturated heterocycles. The number of carbonyl (C=O) groups excluding carboxylic acids is 2. The van der Waals surface area contributed by atoms with Gasteiger partial charge in [-0.3, -0.25) is 19.8 Å². The van der Waals surface area contributed by atoms with Crippen molar-refractivity contribution in [1.82, 2.24) is 5.32 Å². The fourth-order valence-corrected chi connectivity index (χ4v) is 3.92. The number of hydrogen-bond acceptors (Lipinski definition) is 7. The van der Waals surface area contributed by atoms with Crippen LogP contribution >= 0.6 is 12.2 Å². The topological polar surface area (TPSA) is 80.3 Å². The molecule has 166 valence electrons. The number of nitrogens with zero attached hydrogens (tertiary/aromatic N) is 2. The van der Waals surface area contributed by atoms with Crippen molar-refractivity contribution in [2.45, 2.75) is 0 Å². The van der Waals surface area contributed by atoms with Gasteiger partial charge in [-0.25, -0.2) is 0 Å². The second-order valence-corrected chi connectivity index (χ2v) is 7.57. The highest BCUT2D eigenvalue weighted by atomic mass is 32.1. The van der Waals surface area contributed by atoms with Crippen molar-refractivity contribution >= 4 is 46.6 Å². The van der Waals surface area contributed by atoms with Gasteiger partial charge in [0.1, 0.15) is 17.1 Å². The number of anilines is 2. The Bertz CT molecular complexity index is 1090. The zero-order valence-electron chi connectivity index (χ0n) is 17.8. The Kier molecular flexibility index (Phi) is 6.38. The predicted molar refractivity (Wildman–Crippen MR) is 125 cm³/mol. The van der Waals surface area contributed by atoms with Crippen LogP contribution in [0.2, 0.25) is 0 Å². The lowest BCUT2D eigenvalue weighted by molar-refractivity contribution is -0.122. The molecule has 0 aliphatic carbocycles. The standard InChI is InChI=1S/C23H23N3O5S/c1-29-18-5-3-4-17(13-18)26-22(28)19(21(27)24-23(26)32)12-15-6-7-16(14-20(15)30-2)25-8-10-31-11-9-25/h3-7,12-14H,8-11H2,1-2H3,(H,24,27,32)/b19-12-. The van der Waals surface area contributed by atoms with Crippen molar-refractivity contribution in [3.8, 4) is 11.5 Å². The summed E-state index contributed by atoms with van der Waals surface area (Å²) in [6, 6.07) is 12.6. The fourth-order valence-electron chi connectivity index (χ4n) is 3.63. The first-order valence-corrected chi connectivity index (χ1v) is 10.5. The van der Waals surface area contributed by atoms with E-state index in [0.29, 0.717) is 36.0 Å². The summed E-state index contributed by atoms with van der Waals surface area (Å²) in [6.07, 6.45) is 1.52. The molecule has 0 aromatic heterocycles. The lowest BCUT2D eigenvalue weighted by atomic mass is 10.1. The smallest absolute Gasteiger partial charge is 0.270 e. The minimum Gasteiger partial charge on any atom is -0.497 e.